The largest absolute Gasteiger partial charge is 0.359 e. The van der Waals surface area contributed by atoms with Crippen LogP contribution in [0.1, 0.15) is 43.1 Å². The van der Waals surface area contributed by atoms with Crippen molar-refractivity contribution in [3.8, 4) is 0 Å². The second kappa shape index (κ2) is 3.08. The van der Waals surface area contributed by atoms with Gasteiger partial charge in [0.15, 0.2) is 5.76 Å². The zero-order valence-corrected chi connectivity index (χ0v) is 8.82. The lowest BCUT2D eigenvalue weighted by Gasteiger charge is -2.15. The highest BCUT2D eigenvalue weighted by Gasteiger charge is 2.36. The molecule has 0 N–H and O–H groups in total. The molecule has 2 fully saturated rings. The summed E-state index contributed by atoms with van der Waals surface area (Å²) < 4.78 is 5.34. The number of hydrogen-bond acceptors (Lipinski definition) is 3. The summed E-state index contributed by atoms with van der Waals surface area (Å²) >= 11 is 0. The molecule has 4 nitrogen and oxygen atoms in total. The molecule has 4 heteroatoms. The molecule has 1 aliphatic carbocycles. The van der Waals surface area contributed by atoms with Crippen LogP contribution >= 0.6 is 0 Å². The normalized spacial score (nSPS) is 21.4. The molecule has 1 aliphatic heterocycles. The smallest absolute Gasteiger partial charge is 0.227 e. The topological polar surface area (TPSA) is 46.3 Å². The number of nitrogens with zero attached hydrogens (tertiary/aromatic N) is 2. The first-order chi connectivity index (χ1) is 7.27. The van der Waals surface area contributed by atoms with Gasteiger partial charge in [-0.15, -0.1) is 0 Å². The number of rotatable bonds is 2. The fraction of sp³-hybridized carbons (Fsp3) is 0.636. The van der Waals surface area contributed by atoms with Gasteiger partial charge in [-0.25, -0.2) is 0 Å². The minimum absolute atomic E-state index is 0.211. The molecule has 15 heavy (non-hydrogen) atoms. The van der Waals surface area contributed by atoms with E-state index < -0.39 is 0 Å². The predicted molar refractivity (Wildman–Crippen MR) is 54.8 cm³/mol. The molecule has 1 saturated carbocycles. The minimum atomic E-state index is 0.211. The van der Waals surface area contributed by atoms with Gasteiger partial charge in [-0.1, -0.05) is 5.16 Å². The standard InChI is InChI=1S/C11H14N2O2/c1-7-10(13-6-2-3-9(13)14)11(15-12-7)8-4-5-8/h8H,2-6H2,1H3. The molecule has 0 bridgehead atoms. The molecule has 1 aromatic heterocycles. The summed E-state index contributed by atoms with van der Waals surface area (Å²) in [5, 5.41) is 3.99. The van der Waals surface area contributed by atoms with Gasteiger partial charge in [0.1, 0.15) is 11.4 Å². The van der Waals surface area contributed by atoms with Crippen LogP contribution in [0.3, 0.4) is 0 Å². The van der Waals surface area contributed by atoms with Crippen molar-refractivity contribution < 1.29 is 9.32 Å². The van der Waals surface area contributed by atoms with Crippen LogP contribution in [0.2, 0.25) is 0 Å². The van der Waals surface area contributed by atoms with Crippen LogP contribution in [0.25, 0.3) is 0 Å². The molecule has 80 valence electrons. The van der Waals surface area contributed by atoms with Crippen molar-refractivity contribution in [2.75, 3.05) is 11.4 Å². The monoisotopic (exact) mass is 206 g/mol. The lowest BCUT2D eigenvalue weighted by molar-refractivity contribution is -0.117. The van der Waals surface area contributed by atoms with E-state index in [-0.39, 0.29) is 5.91 Å². The minimum Gasteiger partial charge on any atom is -0.359 e. The molecule has 3 rings (SSSR count). The van der Waals surface area contributed by atoms with Gasteiger partial charge < -0.3 is 9.42 Å². The highest BCUT2D eigenvalue weighted by Crippen LogP contribution is 2.46. The molecule has 0 unspecified atom stereocenters. The van der Waals surface area contributed by atoms with Crippen LogP contribution < -0.4 is 4.90 Å². The first-order valence-electron chi connectivity index (χ1n) is 5.54. The molecule has 2 aliphatic rings. The van der Waals surface area contributed by atoms with E-state index in [0.29, 0.717) is 12.3 Å². The van der Waals surface area contributed by atoms with E-state index in [9.17, 15) is 4.79 Å². The molecule has 1 saturated heterocycles. The van der Waals surface area contributed by atoms with Crippen molar-refractivity contribution in [2.24, 2.45) is 0 Å². The van der Waals surface area contributed by atoms with E-state index in [0.717, 1.165) is 30.1 Å². The maximum absolute atomic E-state index is 11.7. The van der Waals surface area contributed by atoms with Crippen LogP contribution in [-0.4, -0.2) is 17.6 Å². The second-order valence-corrected chi connectivity index (χ2v) is 4.40. The van der Waals surface area contributed by atoms with Crippen LogP contribution in [0.4, 0.5) is 5.69 Å². The average Bonchev–Trinajstić information content (AvgIpc) is 2.88. The first-order valence-corrected chi connectivity index (χ1v) is 5.54. The lowest BCUT2D eigenvalue weighted by atomic mass is 10.2. The van der Waals surface area contributed by atoms with Crippen molar-refractivity contribution >= 4 is 11.6 Å². The van der Waals surface area contributed by atoms with Gasteiger partial charge in [-0.3, -0.25) is 4.79 Å². The SMILES string of the molecule is Cc1noc(C2CC2)c1N1CCCC1=O. The highest BCUT2D eigenvalue weighted by atomic mass is 16.5. The van der Waals surface area contributed by atoms with Crippen LogP contribution in [-0.2, 0) is 4.79 Å². The van der Waals surface area contributed by atoms with Crippen LogP contribution in [0, 0.1) is 6.92 Å². The van der Waals surface area contributed by atoms with Crippen LogP contribution in [0.5, 0.6) is 0 Å². The number of anilines is 1. The van der Waals surface area contributed by atoms with E-state index in [1.165, 1.54) is 12.8 Å². The number of carbonyl (C=O) groups is 1. The molecule has 1 amide bonds. The van der Waals surface area contributed by atoms with Gasteiger partial charge in [-0.05, 0) is 26.2 Å². The second-order valence-electron chi connectivity index (χ2n) is 4.40. The van der Waals surface area contributed by atoms with E-state index in [2.05, 4.69) is 5.16 Å². The van der Waals surface area contributed by atoms with E-state index in [4.69, 9.17) is 4.52 Å². The quantitative estimate of drug-likeness (QED) is 0.743. The van der Waals surface area contributed by atoms with E-state index in [1.54, 1.807) is 0 Å². The van der Waals surface area contributed by atoms with E-state index >= 15 is 0 Å². The van der Waals surface area contributed by atoms with Crippen molar-refractivity contribution in [1.82, 2.24) is 5.16 Å². The van der Waals surface area contributed by atoms with Crippen molar-refractivity contribution in [3.05, 3.63) is 11.5 Å². The maximum atomic E-state index is 11.7. The lowest BCUT2D eigenvalue weighted by Crippen LogP contribution is -2.24. The third-order valence-electron chi connectivity index (χ3n) is 3.15. The van der Waals surface area contributed by atoms with Crippen LogP contribution in [0.15, 0.2) is 4.52 Å². The number of carbonyl (C=O) groups excluding carboxylic acids is 1. The molecule has 0 atom stereocenters. The summed E-state index contributed by atoms with van der Waals surface area (Å²) in [6.07, 6.45) is 3.95. The Bertz CT molecular complexity index is 407. The van der Waals surface area contributed by atoms with Gasteiger partial charge >= 0.3 is 0 Å². The van der Waals surface area contributed by atoms with Crippen molar-refractivity contribution in [2.45, 2.75) is 38.5 Å². The predicted octanol–water partition coefficient (Wildman–Crippen LogP) is 1.99. The fourth-order valence-electron chi connectivity index (χ4n) is 2.21. The van der Waals surface area contributed by atoms with Crippen molar-refractivity contribution in [3.63, 3.8) is 0 Å². The Kier molecular flexibility index (Phi) is 1.84. The molecular weight excluding hydrogens is 192 g/mol. The molecular formula is C11H14N2O2. The van der Waals surface area contributed by atoms with Gasteiger partial charge in [0.25, 0.3) is 0 Å². The Morgan fingerprint density at radius 3 is 2.87 bits per heavy atom. The molecule has 2 heterocycles. The molecule has 0 radical (unpaired) electrons. The summed E-state index contributed by atoms with van der Waals surface area (Å²) in [5.41, 5.74) is 1.81. The van der Waals surface area contributed by atoms with Gasteiger partial charge in [-0.2, -0.15) is 0 Å². The zero-order chi connectivity index (χ0) is 10.4. The summed E-state index contributed by atoms with van der Waals surface area (Å²) in [4.78, 5) is 13.5. The first kappa shape index (κ1) is 8.95. The Balaban J connectivity index is 2.01. The average molecular weight is 206 g/mol. The summed E-state index contributed by atoms with van der Waals surface area (Å²) in [5.74, 6) is 1.65. The molecule has 0 aromatic carbocycles. The molecule has 1 aromatic rings. The van der Waals surface area contributed by atoms with Gasteiger partial charge in [0.2, 0.25) is 5.91 Å². The Morgan fingerprint density at radius 1 is 1.47 bits per heavy atom. The number of amides is 1. The van der Waals surface area contributed by atoms with Gasteiger partial charge in [0, 0.05) is 18.9 Å². The Hall–Kier alpha value is -1.32. The summed E-state index contributed by atoms with van der Waals surface area (Å²) in [7, 11) is 0. The number of aromatic nitrogens is 1. The summed E-state index contributed by atoms with van der Waals surface area (Å²) in [6.45, 7) is 2.73. The van der Waals surface area contributed by atoms with Crippen molar-refractivity contribution in [1.29, 1.82) is 0 Å². The zero-order valence-electron chi connectivity index (χ0n) is 8.82. The number of hydrogen-bond donors (Lipinski definition) is 0. The van der Waals surface area contributed by atoms with E-state index in [1.807, 2.05) is 11.8 Å². The Morgan fingerprint density at radius 2 is 2.27 bits per heavy atom. The number of aryl methyl sites for hydroxylation is 1. The molecule has 0 spiro atoms. The Labute approximate surface area is 88.2 Å². The highest BCUT2D eigenvalue weighted by molar-refractivity contribution is 5.96. The fourth-order valence-corrected chi connectivity index (χ4v) is 2.21. The maximum Gasteiger partial charge on any atom is 0.227 e. The van der Waals surface area contributed by atoms with Gasteiger partial charge in [0.05, 0.1) is 0 Å². The summed E-state index contributed by atoms with van der Waals surface area (Å²) in [6, 6.07) is 0. The third-order valence-corrected chi connectivity index (χ3v) is 3.15. The third kappa shape index (κ3) is 1.35.